The number of amides is 1. The molecule has 1 rings (SSSR count). The van der Waals surface area contributed by atoms with Gasteiger partial charge in [0, 0.05) is 20.0 Å². The average Bonchev–Trinajstić information content (AvgIpc) is 2.26. The summed E-state index contributed by atoms with van der Waals surface area (Å²) in [4.78, 5) is 13.3. The lowest BCUT2D eigenvalue weighted by molar-refractivity contribution is -0.131. The van der Waals surface area contributed by atoms with Gasteiger partial charge in [0.1, 0.15) is 0 Å². The summed E-state index contributed by atoms with van der Waals surface area (Å²) in [6.45, 7) is 4.30. The van der Waals surface area contributed by atoms with Gasteiger partial charge >= 0.3 is 0 Å². The number of nitrogens with one attached hydrogen (secondary N) is 1. The summed E-state index contributed by atoms with van der Waals surface area (Å²) in [5.74, 6) is 0.795. The van der Waals surface area contributed by atoms with Gasteiger partial charge in [-0.3, -0.25) is 4.79 Å². The van der Waals surface area contributed by atoms with E-state index in [1.807, 2.05) is 0 Å². The maximum Gasteiger partial charge on any atom is 0.222 e. The quantitative estimate of drug-likeness (QED) is 0.725. The Morgan fingerprint density at radius 2 is 2.38 bits per heavy atom. The van der Waals surface area contributed by atoms with Crippen LogP contribution in [0.2, 0.25) is 0 Å². The van der Waals surface area contributed by atoms with Gasteiger partial charge in [0.25, 0.3) is 0 Å². The Hall–Kier alpha value is -0.610. The number of aliphatic hydroxyl groups is 1. The van der Waals surface area contributed by atoms with E-state index in [1.165, 1.54) is 12.8 Å². The summed E-state index contributed by atoms with van der Waals surface area (Å²) in [7, 11) is 1.76. The summed E-state index contributed by atoms with van der Waals surface area (Å²) in [6, 6.07) is 0. The Morgan fingerprint density at radius 3 is 2.94 bits per heavy atom. The molecule has 0 saturated carbocycles. The first kappa shape index (κ1) is 13.5. The zero-order valence-corrected chi connectivity index (χ0v) is 10.4. The second-order valence-electron chi connectivity index (χ2n) is 4.87. The van der Waals surface area contributed by atoms with E-state index < -0.39 is 6.10 Å². The molecule has 1 fully saturated rings. The highest BCUT2D eigenvalue weighted by molar-refractivity contribution is 5.75. The average molecular weight is 228 g/mol. The lowest BCUT2D eigenvalue weighted by Gasteiger charge is -2.24. The topological polar surface area (TPSA) is 52.6 Å². The Morgan fingerprint density at radius 1 is 1.62 bits per heavy atom. The second kappa shape index (κ2) is 6.86. The highest BCUT2D eigenvalue weighted by atomic mass is 16.3. The van der Waals surface area contributed by atoms with Crippen LogP contribution in [0, 0.1) is 5.92 Å². The van der Waals surface area contributed by atoms with Gasteiger partial charge in [-0.2, -0.15) is 0 Å². The Labute approximate surface area is 98.0 Å². The Balaban J connectivity index is 2.17. The van der Waals surface area contributed by atoms with Crippen molar-refractivity contribution in [3.8, 4) is 0 Å². The third-order valence-corrected chi connectivity index (χ3v) is 3.13. The van der Waals surface area contributed by atoms with E-state index in [0.29, 0.717) is 18.9 Å². The molecule has 1 heterocycles. The van der Waals surface area contributed by atoms with Crippen molar-refractivity contribution < 1.29 is 9.90 Å². The minimum atomic E-state index is -0.440. The van der Waals surface area contributed by atoms with E-state index in [-0.39, 0.29) is 5.91 Å². The van der Waals surface area contributed by atoms with Gasteiger partial charge in [0.15, 0.2) is 0 Å². The van der Waals surface area contributed by atoms with Crippen molar-refractivity contribution in [1.82, 2.24) is 10.2 Å². The molecule has 2 atom stereocenters. The van der Waals surface area contributed by atoms with Gasteiger partial charge in [-0.15, -0.1) is 0 Å². The monoisotopic (exact) mass is 228 g/mol. The van der Waals surface area contributed by atoms with E-state index >= 15 is 0 Å². The highest BCUT2D eigenvalue weighted by Gasteiger charge is 2.16. The molecule has 1 amide bonds. The molecule has 2 N–H and O–H groups in total. The fourth-order valence-electron chi connectivity index (χ4n) is 2.19. The fourth-order valence-corrected chi connectivity index (χ4v) is 2.19. The summed E-state index contributed by atoms with van der Waals surface area (Å²) >= 11 is 0. The number of nitrogens with zero attached hydrogens (tertiary/aromatic N) is 1. The number of carbonyl (C=O) groups is 1. The van der Waals surface area contributed by atoms with Gasteiger partial charge in [-0.05, 0) is 45.2 Å². The number of carbonyl (C=O) groups excluding carboxylic acids is 1. The van der Waals surface area contributed by atoms with E-state index in [9.17, 15) is 9.90 Å². The standard InChI is InChI=1S/C12H24N2O2/c1-10(15)9-14(2)12(16)6-5-11-4-3-7-13-8-11/h10-11,13,15H,3-9H2,1-2H3. The van der Waals surface area contributed by atoms with Gasteiger partial charge in [0.05, 0.1) is 6.10 Å². The molecule has 0 spiro atoms. The molecule has 2 unspecified atom stereocenters. The Bertz CT molecular complexity index is 213. The first-order valence-electron chi connectivity index (χ1n) is 6.22. The molecule has 0 aliphatic carbocycles. The predicted octanol–water partition coefficient (Wildman–Crippen LogP) is 0.605. The third-order valence-electron chi connectivity index (χ3n) is 3.13. The summed E-state index contributed by atoms with van der Waals surface area (Å²) in [5.41, 5.74) is 0. The van der Waals surface area contributed by atoms with Crippen LogP contribution in [-0.4, -0.2) is 48.7 Å². The fraction of sp³-hybridized carbons (Fsp3) is 0.917. The van der Waals surface area contributed by atoms with Crippen LogP contribution in [0.4, 0.5) is 0 Å². The smallest absolute Gasteiger partial charge is 0.222 e. The van der Waals surface area contributed by atoms with Crippen LogP contribution in [0.3, 0.4) is 0 Å². The number of likely N-dealkylation sites (N-methyl/N-ethyl adjacent to an activating group) is 1. The van der Waals surface area contributed by atoms with Crippen molar-refractivity contribution in [3.05, 3.63) is 0 Å². The minimum absolute atomic E-state index is 0.145. The van der Waals surface area contributed by atoms with E-state index in [1.54, 1.807) is 18.9 Å². The first-order chi connectivity index (χ1) is 7.59. The van der Waals surface area contributed by atoms with Crippen LogP contribution in [0.1, 0.15) is 32.6 Å². The maximum atomic E-state index is 11.7. The molecule has 94 valence electrons. The second-order valence-corrected chi connectivity index (χ2v) is 4.87. The van der Waals surface area contributed by atoms with Crippen molar-refractivity contribution in [2.75, 3.05) is 26.7 Å². The number of aliphatic hydroxyl groups excluding tert-OH is 1. The summed E-state index contributed by atoms with van der Waals surface area (Å²) in [5, 5.41) is 12.5. The van der Waals surface area contributed by atoms with Crippen LogP contribution in [-0.2, 0) is 4.79 Å². The number of piperidine rings is 1. The van der Waals surface area contributed by atoms with Gasteiger partial charge in [-0.25, -0.2) is 0 Å². The molecule has 1 aliphatic rings. The highest BCUT2D eigenvalue weighted by Crippen LogP contribution is 2.16. The zero-order valence-electron chi connectivity index (χ0n) is 10.4. The molecule has 1 aliphatic heterocycles. The lowest BCUT2D eigenvalue weighted by Crippen LogP contribution is -2.34. The molecular weight excluding hydrogens is 204 g/mol. The molecule has 4 nitrogen and oxygen atoms in total. The summed E-state index contributed by atoms with van der Waals surface area (Å²) < 4.78 is 0. The number of rotatable bonds is 5. The molecule has 1 saturated heterocycles. The Kier molecular flexibility index (Phi) is 5.77. The maximum absolute atomic E-state index is 11.7. The lowest BCUT2D eigenvalue weighted by atomic mass is 9.94. The van der Waals surface area contributed by atoms with Crippen LogP contribution < -0.4 is 5.32 Å². The van der Waals surface area contributed by atoms with Crippen molar-refractivity contribution in [1.29, 1.82) is 0 Å². The van der Waals surface area contributed by atoms with Crippen molar-refractivity contribution >= 4 is 5.91 Å². The molecule has 4 heteroatoms. The molecule has 0 aromatic rings. The molecular formula is C12H24N2O2. The molecule has 0 aromatic carbocycles. The van der Waals surface area contributed by atoms with Crippen molar-refractivity contribution in [2.45, 2.75) is 38.7 Å². The predicted molar refractivity (Wildman–Crippen MR) is 64.1 cm³/mol. The van der Waals surface area contributed by atoms with E-state index in [4.69, 9.17) is 0 Å². The molecule has 0 bridgehead atoms. The van der Waals surface area contributed by atoms with E-state index in [2.05, 4.69) is 5.32 Å². The third kappa shape index (κ3) is 4.94. The zero-order chi connectivity index (χ0) is 12.0. The molecule has 16 heavy (non-hydrogen) atoms. The van der Waals surface area contributed by atoms with Crippen LogP contribution in [0.15, 0.2) is 0 Å². The number of hydrogen-bond donors (Lipinski definition) is 2. The van der Waals surface area contributed by atoms with Gasteiger partial charge in [0.2, 0.25) is 5.91 Å². The van der Waals surface area contributed by atoms with Gasteiger partial charge < -0.3 is 15.3 Å². The number of hydrogen-bond acceptors (Lipinski definition) is 3. The largest absolute Gasteiger partial charge is 0.392 e. The van der Waals surface area contributed by atoms with Crippen LogP contribution in [0.25, 0.3) is 0 Å². The van der Waals surface area contributed by atoms with Crippen molar-refractivity contribution in [3.63, 3.8) is 0 Å². The van der Waals surface area contributed by atoms with E-state index in [0.717, 1.165) is 19.5 Å². The minimum Gasteiger partial charge on any atom is -0.392 e. The van der Waals surface area contributed by atoms with Crippen molar-refractivity contribution in [2.24, 2.45) is 5.92 Å². The normalized spacial score (nSPS) is 22.8. The molecule has 0 radical (unpaired) electrons. The van der Waals surface area contributed by atoms with Crippen LogP contribution >= 0.6 is 0 Å². The van der Waals surface area contributed by atoms with Crippen LogP contribution in [0.5, 0.6) is 0 Å². The first-order valence-corrected chi connectivity index (χ1v) is 6.22. The van der Waals surface area contributed by atoms with Gasteiger partial charge in [-0.1, -0.05) is 0 Å². The molecule has 0 aromatic heterocycles. The summed E-state index contributed by atoms with van der Waals surface area (Å²) in [6.07, 6.45) is 3.60. The SMILES string of the molecule is CC(O)CN(C)C(=O)CCC1CCCNC1.